The molecule has 0 spiro atoms. The molecular weight excluding hydrogens is 308 g/mol. The van der Waals surface area contributed by atoms with Crippen LogP contribution in [0.3, 0.4) is 0 Å². The molecule has 0 aromatic rings. The maximum atomic E-state index is 12.5. The summed E-state index contributed by atoms with van der Waals surface area (Å²) in [5.41, 5.74) is -0.317. The number of rotatable bonds is 5. The number of fused-ring (bicyclic) bond motifs is 5. The third kappa shape index (κ3) is 3.28. The highest BCUT2D eigenvalue weighted by atomic mass is 16.5. The molecule has 6 heteroatoms. The second-order valence-corrected chi connectivity index (χ2v) is 8.43. The molecule has 0 aromatic carbocycles. The number of hydrogen-bond donors (Lipinski definition) is 1. The van der Waals surface area contributed by atoms with Crippen LogP contribution < -0.4 is 5.32 Å². The van der Waals surface area contributed by atoms with Crippen LogP contribution in [0.2, 0.25) is 0 Å². The third-order valence-electron chi connectivity index (χ3n) is 5.51. The molecule has 1 aliphatic heterocycles. The smallest absolute Gasteiger partial charge is 0.407 e. The van der Waals surface area contributed by atoms with Crippen LogP contribution in [0.1, 0.15) is 52.9 Å². The van der Waals surface area contributed by atoms with E-state index in [1.807, 2.05) is 20.8 Å². The molecule has 4 unspecified atom stereocenters. The van der Waals surface area contributed by atoms with E-state index in [2.05, 4.69) is 5.32 Å². The first-order chi connectivity index (χ1) is 11.3. The van der Waals surface area contributed by atoms with Gasteiger partial charge >= 0.3 is 6.09 Å². The number of carbonyl (C=O) groups excluding carboxylic acids is 3. The van der Waals surface area contributed by atoms with Gasteiger partial charge in [-0.1, -0.05) is 0 Å². The average Bonchev–Trinajstić information content (AvgIpc) is 3.13. The number of hydrogen-bond acceptors (Lipinski definition) is 4. The van der Waals surface area contributed by atoms with E-state index in [0.29, 0.717) is 37.8 Å². The van der Waals surface area contributed by atoms with Gasteiger partial charge in [0.2, 0.25) is 11.8 Å². The van der Waals surface area contributed by atoms with Crippen molar-refractivity contribution in [3.63, 3.8) is 0 Å². The fraction of sp³-hybridized carbons (Fsp3) is 0.833. The average molecular weight is 336 g/mol. The van der Waals surface area contributed by atoms with E-state index < -0.39 is 6.09 Å². The van der Waals surface area contributed by atoms with Crippen LogP contribution in [-0.4, -0.2) is 41.5 Å². The number of likely N-dealkylation sites (tertiary alicyclic amines) is 1. The van der Waals surface area contributed by atoms with Gasteiger partial charge in [-0.05, 0) is 64.7 Å². The lowest BCUT2D eigenvalue weighted by Crippen LogP contribution is -2.41. The van der Waals surface area contributed by atoms with E-state index in [1.165, 1.54) is 4.90 Å². The molecule has 4 atom stereocenters. The van der Waals surface area contributed by atoms with Crippen LogP contribution in [0.15, 0.2) is 0 Å². The highest BCUT2D eigenvalue weighted by Crippen LogP contribution is 2.56. The number of unbranched alkanes of at least 4 members (excludes halogenated alkanes) is 1. The number of alkyl carbamates (subject to hydrolysis) is 1. The van der Waals surface area contributed by atoms with E-state index in [-0.39, 0.29) is 29.2 Å². The normalized spacial score (nSPS) is 31.5. The third-order valence-corrected chi connectivity index (χ3v) is 5.51. The molecule has 3 amide bonds. The molecule has 0 radical (unpaired) electrons. The molecular formula is C18H28N2O4. The predicted octanol–water partition coefficient (Wildman–Crippen LogP) is 2.32. The first-order valence-electron chi connectivity index (χ1n) is 9.08. The topological polar surface area (TPSA) is 75.7 Å². The second kappa shape index (κ2) is 6.37. The van der Waals surface area contributed by atoms with Crippen molar-refractivity contribution in [3.8, 4) is 0 Å². The summed E-state index contributed by atoms with van der Waals surface area (Å²) in [6.07, 6.45) is 4.18. The van der Waals surface area contributed by atoms with Gasteiger partial charge in [0, 0.05) is 12.1 Å². The predicted molar refractivity (Wildman–Crippen MR) is 88.0 cm³/mol. The molecule has 3 rings (SSSR count). The highest BCUT2D eigenvalue weighted by molar-refractivity contribution is 6.06. The Bertz CT molecular complexity index is 512. The minimum absolute atomic E-state index is 0.0370. The summed E-state index contributed by atoms with van der Waals surface area (Å²) in [5.74, 6) is 0.888. The van der Waals surface area contributed by atoms with Crippen molar-refractivity contribution in [2.75, 3.05) is 13.2 Å². The van der Waals surface area contributed by atoms with Gasteiger partial charge < -0.3 is 10.1 Å². The molecule has 0 aromatic heterocycles. The maximum Gasteiger partial charge on any atom is 0.407 e. The number of nitrogens with zero attached hydrogens (tertiary/aromatic N) is 1. The molecule has 2 saturated carbocycles. The molecule has 3 aliphatic rings. The lowest BCUT2D eigenvalue weighted by molar-refractivity contribution is -0.140. The molecule has 1 heterocycles. The molecule has 3 fully saturated rings. The SMILES string of the molecule is CC(C)(C)NC(=O)OCCCCN1C(=O)C2C3CCC(C3)C2C1=O. The first kappa shape index (κ1) is 17.2. The van der Waals surface area contributed by atoms with E-state index in [4.69, 9.17) is 4.74 Å². The molecule has 2 aliphatic carbocycles. The Hall–Kier alpha value is -1.59. The quantitative estimate of drug-likeness (QED) is 0.617. The van der Waals surface area contributed by atoms with Crippen molar-refractivity contribution >= 4 is 17.9 Å². The summed E-state index contributed by atoms with van der Waals surface area (Å²) in [5, 5.41) is 2.73. The second-order valence-electron chi connectivity index (χ2n) is 8.43. The van der Waals surface area contributed by atoms with Crippen molar-refractivity contribution in [3.05, 3.63) is 0 Å². The zero-order valence-electron chi connectivity index (χ0n) is 14.8. The molecule has 24 heavy (non-hydrogen) atoms. The molecule has 134 valence electrons. The maximum absolute atomic E-state index is 12.5. The van der Waals surface area contributed by atoms with Crippen molar-refractivity contribution in [2.24, 2.45) is 23.7 Å². The van der Waals surface area contributed by atoms with E-state index in [1.54, 1.807) is 0 Å². The van der Waals surface area contributed by atoms with Gasteiger partial charge in [-0.2, -0.15) is 0 Å². The summed E-state index contributed by atoms with van der Waals surface area (Å²) in [7, 11) is 0. The monoisotopic (exact) mass is 336 g/mol. The van der Waals surface area contributed by atoms with Gasteiger partial charge in [-0.3, -0.25) is 14.5 Å². The Balaban J connectivity index is 1.39. The van der Waals surface area contributed by atoms with Crippen LogP contribution in [0.5, 0.6) is 0 Å². The van der Waals surface area contributed by atoms with Crippen molar-refractivity contribution in [1.29, 1.82) is 0 Å². The Morgan fingerprint density at radius 2 is 1.71 bits per heavy atom. The van der Waals surface area contributed by atoms with Gasteiger partial charge in [0.1, 0.15) is 0 Å². The van der Waals surface area contributed by atoms with E-state index in [0.717, 1.165) is 19.3 Å². The van der Waals surface area contributed by atoms with Gasteiger partial charge in [0.05, 0.1) is 18.4 Å². The Morgan fingerprint density at radius 3 is 2.25 bits per heavy atom. The molecule has 2 bridgehead atoms. The largest absolute Gasteiger partial charge is 0.450 e. The number of nitrogens with one attached hydrogen (secondary N) is 1. The lowest BCUT2D eigenvalue weighted by atomic mass is 9.81. The van der Waals surface area contributed by atoms with Crippen molar-refractivity contribution in [1.82, 2.24) is 10.2 Å². The van der Waals surface area contributed by atoms with Crippen LogP contribution in [0.25, 0.3) is 0 Å². The van der Waals surface area contributed by atoms with Gasteiger partial charge in [-0.15, -0.1) is 0 Å². The minimum Gasteiger partial charge on any atom is -0.450 e. The summed E-state index contributed by atoms with van der Waals surface area (Å²) in [6.45, 7) is 6.43. The van der Waals surface area contributed by atoms with Gasteiger partial charge in [0.25, 0.3) is 0 Å². The number of amides is 3. The molecule has 1 saturated heterocycles. The van der Waals surface area contributed by atoms with Crippen LogP contribution in [0, 0.1) is 23.7 Å². The summed E-state index contributed by atoms with van der Waals surface area (Å²) >= 11 is 0. The Morgan fingerprint density at radius 1 is 1.12 bits per heavy atom. The van der Waals surface area contributed by atoms with Crippen molar-refractivity contribution < 1.29 is 19.1 Å². The van der Waals surface area contributed by atoms with E-state index in [9.17, 15) is 14.4 Å². The number of imide groups is 1. The zero-order chi connectivity index (χ0) is 17.5. The van der Waals surface area contributed by atoms with Crippen molar-refractivity contribution in [2.45, 2.75) is 58.4 Å². The number of carbonyl (C=O) groups is 3. The van der Waals surface area contributed by atoms with E-state index >= 15 is 0 Å². The van der Waals surface area contributed by atoms with Gasteiger partial charge in [0.15, 0.2) is 0 Å². The summed E-state index contributed by atoms with van der Waals surface area (Å²) in [6, 6.07) is 0. The van der Waals surface area contributed by atoms with Crippen LogP contribution in [0.4, 0.5) is 4.79 Å². The molecule has 1 N–H and O–H groups in total. The lowest BCUT2D eigenvalue weighted by Gasteiger charge is -2.20. The fourth-order valence-corrected chi connectivity index (χ4v) is 4.57. The van der Waals surface area contributed by atoms with Crippen LogP contribution in [-0.2, 0) is 14.3 Å². The molecule has 6 nitrogen and oxygen atoms in total. The van der Waals surface area contributed by atoms with Crippen LogP contribution >= 0.6 is 0 Å². The summed E-state index contributed by atoms with van der Waals surface area (Å²) < 4.78 is 5.12. The summed E-state index contributed by atoms with van der Waals surface area (Å²) in [4.78, 5) is 38.1. The Labute approximate surface area is 143 Å². The Kier molecular flexibility index (Phi) is 4.58. The standard InChI is InChI=1S/C18H28N2O4/c1-18(2,3)19-17(23)24-9-5-4-8-20-15(21)13-11-6-7-12(10-11)14(13)16(20)22/h11-14H,4-10H2,1-3H3,(H,19,23). The highest BCUT2D eigenvalue weighted by Gasteiger charge is 2.60. The minimum atomic E-state index is -0.429. The van der Waals surface area contributed by atoms with Gasteiger partial charge in [-0.25, -0.2) is 4.79 Å². The zero-order valence-corrected chi connectivity index (χ0v) is 14.8. The first-order valence-corrected chi connectivity index (χ1v) is 9.08. The number of ether oxygens (including phenoxy) is 1. The fourth-order valence-electron chi connectivity index (χ4n) is 4.57.